The van der Waals surface area contributed by atoms with Gasteiger partial charge in [0.05, 0.1) is 15.8 Å². The van der Waals surface area contributed by atoms with E-state index < -0.39 is 11.0 Å². The first kappa shape index (κ1) is 14.2. The van der Waals surface area contributed by atoms with Crippen molar-refractivity contribution in [2.24, 2.45) is 0 Å². The van der Waals surface area contributed by atoms with E-state index in [9.17, 15) is 4.21 Å². The van der Waals surface area contributed by atoms with Crippen molar-refractivity contribution >= 4 is 33.5 Å². The maximum atomic E-state index is 11.8. The second-order valence-corrected chi connectivity index (χ2v) is 5.80. The van der Waals surface area contributed by atoms with Crippen LogP contribution in [0.2, 0.25) is 0 Å². The number of rotatable bonds is 4. The van der Waals surface area contributed by atoms with E-state index >= 15 is 0 Å². The number of fused-ring (bicyclic) bond motifs is 1. The molecule has 0 radical (unpaired) electrons. The predicted molar refractivity (Wildman–Crippen MR) is 83.8 cm³/mol. The van der Waals surface area contributed by atoms with Gasteiger partial charge in [-0.05, 0) is 25.2 Å². The van der Waals surface area contributed by atoms with E-state index in [2.05, 4.69) is 31.1 Å². The number of anilines is 2. The summed E-state index contributed by atoms with van der Waals surface area (Å²) in [5.74, 6) is 0.523. The predicted octanol–water partition coefficient (Wildman–Crippen LogP) is 1.82. The second-order valence-electron chi connectivity index (χ2n) is 4.39. The van der Waals surface area contributed by atoms with Gasteiger partial charge in [-0.15, -0.1) is 0 Å². The molecular weight excluding hydrogens is 300 g/mol. The Morgan fingerprint density at radius 3 is 3.00 bits per heavy atom. The summed E-state index contributed by atoms with van der Waals surface area (Å²) >= 11 is 0. The molecule has 3 N–H and O–H groups in total. The summed E-state index contributed by atoms with van der Waals surface area (Å²) in [7, 11) is 0.363. The van der Waals surface area contributed by atoms with Crippen molar-refractivity contribution in [2.75, 3.05) is 12.4 Å². The zero-order chi connectivity index (χ0) is 15.5. The quantitative estimate of drug-likeness (QED) is 0.681. The molecule has 0 fully saturated rings. The minimum Gasteiger partial charge on any atom is -0.345 e. The van der Waals surface area contributed by atoms with Gasteiger partial charge in [-0.3, -0.25) is 0 Å². The smallest absolute Gasteiger partial charge is 0.144 e. The Kier molecular flexibility index (Phi) is 3.82. The number of nitrogens with one attached hydrogen (secondary N) is 3. The molecule has 0 bridgehead atoms. The Morgan fingerprint density at radius 1 is 1.36 bits per heavy atom. The highest BCUT2D eigenvalue weighted by Crippen LogP contribution is 2.26. The van der Waals surface area contributed by atoms with Crippen molar-refractivity contribution in [3.05, 3.63) is 42.4 Å². The second kappa shape index (κ2) is 5.93. The summed E-state index contributed by atoms with van der Waals surface area (Å²) in [6.45, 7) is 0. The zero-order valence-electron chi connectivity index (χ0n) is 11.6. The van der Waals surface area contributed by atoms with Gasteiger partial charge < -0.3 is 10.3 Å². The van der Waals surface area contributed by atoms with Crippen molar-refractivity contribution in [2.45, 2.75) is 4.90 Å². The summed E-state index contributed by atoms with van der Waals surface area (Å²) in [5, 5.41) is 12.9. The van der Waals surface area contributed by atoms with Gasteiger partial charge >= 0.3 is 0 Å². The van der Waals surface area contributed by atoms with Crippen LogP contribution in [-0.2, 0) is 11.0 Å². The van der Waals surface area contributed by atoms with Crippen LogP contribution in [0.5, 0.6) is 0 Å². The highest BCUT2D eigenvalue weighted by molar-refractivity contribution is 7.83. The number of benzene rings is 1. The topological polar surface area (TPSA) is 106 Å². The van der Waals surface area contributed by atoms with Gasteiger partial charge in [0.15, 0.2) is 0 Å². The lowest BCUT2D eigenvalue weighted by Crippen LogP contribution is -2.10. The van der Waals surface area contributed by atoms with Crippen LogP contribution in [0.25, 0.3) is 11.0 Å². The Morgan fingerprint density at radius 2 is 2.23 bits per heavy atom. The normalized spacial score (nSPS) is 12.0. The average molecular weight is 312 g/mol. The number of H-pyrrole nitrogens is 1. The molecule has 1 atom stereocenters. The fraction of sp³-hybridized carbons (Fsp3) is 0.0714. The Balaban J connectivity index is 2.02. The fourth-order valence-corrected chi connectivity index (χ4v) is 2.76. The number of hydrogen-bond donors (Lipinski definition) is 3. The lowest BCUT2D eigenvalue weighted by molar-refractivity contribution is 0.678. The molecule has 0 aliphatic carbocycles. The van der Waals surface area contributed by atoms with Crippen LogP contribution in [0.3, 0.4) is 0 Å². The molecule has 110 valence electrons. The van der Waals surface area contributed by atoms with Crippen molar-refractivity contribution in [1.82, 2.24) is 19.7 Å². The van der Waals surface area contributed by atoms with Crippen LogP contribution in [-0.4, -0.2) is 26.2 Å². The molecule has 0 amide bonds. The molecule has 0 saturated heterocycles. The van der Waals surface area contributed by atoms with E-state index in [1.807, 2.05) is 6.07 Å². The van der Waals surface area contributed by atoms with Crippen LogP contribution in [0.4, 0.5) is 11.5 Å². The molecule has 7 nitrogen and oxygen atoms in total. The average Bonchev–Trinajstić information content (AvgIpc) is 2.98. The van der Waals surface area contributed by atoms with E-state index in [0.29, 0.717) is 27.3 Å². The lowest BCUT2D eigenvalue weighted by Gasteiger charge is -2.08. The highest BCUT2D eigenvalue weighted by Gasteiger charge is 2.11. The first-order valence-electron chi connectivity index (χ1n) is 6.41. The number of nitrogens with zero attached hydrogens (tertiary/aromatic N) is 3. The van der Waals surface area contributed by atoms with Crippen LogP contribution in [0.15, 0.2) is 41.7 Å². The van der Waals surface area contributed by atoms with Crippen LogP contribution in [0.1, 0.15) is 5.56 Å². The van der Waals surface area contributed by atoms with Crippen molar-refractivity contribution < 1.29 is 4.21 Å². The molecule has 8 heteroatoms. The van der Waals surface area contributed by atoms with Gasteiger partial charge in [0.2, 0.25) is 0 Å². The van der Waals surface area contributed by atoms with Gasteiger partial charge in [-0.2, -0.15) is 5.26 Å². The highest BCUT2D eigenvalue weighted by atomic mass is 32.2. The SMILES string of the molecule is CNS(=O)c1cccc(Nc2ncnc3[nH]cc(C#N)c23)c1. The van der Waals surface area contributed by atoms with Crippen LogP contribution in [0, 0.1) is 11.3 Å². The van der Waals surface area contributed by atoms with Crippen molar-refractivity contribution in [1.29, 1.82) is 5.26 Å². The summed E-state index contributed by atoms with van der Waals surface area (Å²) in [6, 6.07) is 9.27. The maximum absolute atomic E-state index is 11.8. The molecule has 0 aliphatic rings. The van der Waals surface area contributed by atoms with Crippen LogP contribution < -0.4 is 10.0 Å². The molecule has 2 heterocycles. The van der Waals surface area contributed by atoms with Gasteiger partial charge in [0.25, 0.3) is 0 Å². The molecular formula is C14H12N6OS. The standard InChI is InChI=1S/C14H12N6OS/c1-16-22(21)11-4-2-3-10(5-11)20-14-12-9(6-15)7-17-13(12)18-8-19-14/h2-5,7-8,16H,1H3,(H2,17,18,19,20). The summed E-state index contributed by atoms with van der Waals surface area (Å²) in [5.41, 5.74) is 1.78. The number of hydrogen-bond acceptors (Lipinski definition) is 5. The summed E-state index contributed by atoms with van der Waals surface area (Å²) < 4.78 is 14.5. The van der Waals surface area contributed by atoms with E-state index in [1.54, 1.807) is 31.4 Å². The lowest BCUT2D eigenvalue weighted by atomic mass is 10.2. The summed E-state index contributed by atoms with van der Waals surface area (Å²) in [4.78, 5) is 11.9. The third-order valence-electron chi connectivity index (χ3n) is 3.09. The van der Waals surface area contributed by atoms with Crippen molar-refractivity contribution in [3.8, 4) is 6.07 Å². The monoisotopic (exact) mass is 312 g/mol. The first-order chi connectivity index (χ1) is 10.7. The largest absolute Gasteiger partial charge is 0.345 e. The molecule has 0 saturated carbocycles. The Hall–Kier alpha value is -2.76. The molecule has 0 spiro atoms. The molecule has 1 aromatic carbocycles. The number of nitriles is 1. The molecule has 1 unspecified atom stereocenters. The number of aromatic nitrogens is 3. The third-order valence-corrected chi connectivity index (χ3v) is 4.14. The van der Waals surface area contributed by atoms with Crippen molar-refractivity contribution in [3.63, 3.8) is 0 Å². The Labute approximate surface area is 129 Å². The molecule has 3 rings (SSSR count). The molecule has 2 aromatic heterocycles. The van der Waals surface area contributed by atoms with Gasteiger partial charge in [-0.25, -0.2) is 18.9 Å². The molecule has 22 heavy (non-hydrogen) atoms. The molecule has 3 aromatic rings. The number of aromatic amines is 1. The maximum Gasteiger partial charge on any atom is 0.144 e. The third kappa shape index (κ3) is 2.55. The minimum atomic E-state index is -1.27. The van der Waals surface area contributed by atoms with Gasteiger partial charge in [-0.1, -0.05) is 6.07 Å². The first-order valence-corrected chi connectivity index (χ1v) is 7.56. The van der Waals surface area contributed by atoms with Gasteiger partial charge in [0, 0.05) is 11.9 Å². The van der Waals surface area contributed by atoms with E-state index in [-0.39, 0.29) is 0 Å². The van der Waals surface area contributed by atoms with E-state index in [1.165, 1.54) is 6.33 Å². The Bertz CT molecular complexity index is 898. The van der Waals surface area contributed by atoms with Gasteiger partial charge in [0.1, 0.15) is 34.8 Å². The van der Waals surface area contributed by atoms with E-state index in [0.717, 1.165) is 5.69 Å². The van der Waals surface area contributed by atoms with Crippen LogP contribution >= 0.6 is 0 Å². The van der Waals surface area contributed by atoms with E-state index in [4.69, 9.17) is 5.26 Å². The summed E-state index contributed by atoms with van der Waals surface area (Å²) in [6.07, 6.45) is 3.01. The molecule has 0 aliphatic heterocycles. The zero-order valence-corrected chi connectivity index (χ0v) is 12.4. The minimum absolute atomic E-state index is 0.466. The fourth-order valence-electron chi connectivity index (χ4n) is 2.09.